The quantitative estimate of drug-likeness (QED) is 0.412. The van der Waals surface area contributed by atoms with Gasteiger partial charge in [-0.25, -0.2) is 4.79 Å². The maximum Gasteiger partial charge on any atom is 0.490 e. The fraction of sp³-hybridized carbons (Fsp3) is 0.600. The minimum atomic E-state index is -5.08. The number of alkyl halides is 3. The van der Waals surface area contributed by atoms with Crippen molar-refractivity contribution in [1.82, 2.24) is 5.32 Å². The van der Waals surface area contributed by atoms with E-state index < -0.39 is 18.1 Å². The van der Waals surface area contributed by atoms with Crippen molar-refractivity contribution in [3.8, 4) is 5.75 Å². The summed E-state index contributed by atoms with van der Waals surface area (Å²) in [7, 11) is 0. The smallest absolute Gasteiger partial charge is 0.490 e. The predicted molar refractivity (Wildman–Crippen MR) is 103 cm³/mol. The minimum absolute atomic E-state index is 0.172. The topological polar surface area (TPSA) is 95.9 Å². The van der Waals surface area contributed by atoms with Crippen LogP contribution in [0, 0.1) is 0 Å². The molecule has 1 aromatic carbocycles. The first-order chi connectivity index (χ1) is 13.7. The van der Waals surface area contributed by atoms with Crippen LogP contribution in [0.1, 0.15) is 51.0 Å². The second-order valence-electron chi connectivity index (χ2n) is 6.35. The van der Waals surface area contributed by atoms with Gasteiger partial charge in [0.15, 0.2) is 0 Å². The molecule has 1 rings (SSSR count). The summed E-state index contributed by atoms with van der Waals surface area (Å²) in [6, 6.07) is 8.17. The molecule has 0 aliphatic rings. The fourth-order valence-electron chi connectivity index (χ4n) is 2.20. The molecule has 0 aliphatic carbocycles. The highest BCUT2D eigenvalue weighted by Gasteiger charge is 2.38. The fourth-order valence-corrected chi connectivity index (χ4v) is 2.20. The molecule has 0 unspecified atom stereocenters. The second kappa shape index (κ2) is 15.6. The Kier molecular flexibility index (Phi) is 14.4. The van der Waals surface area contributed by atoms with Crippen molar-refractivity contribution in [2.75, 3.05) is 19.7 Å². The van der Waals surface area contributed by atoms with E-state index in [0.717, 1.165) is 31.7 Å². The van der Waals surface area contributed by atoms with E-state index in [9.17, 15) is 18.0 Å². The van der Waals surface area contributed by atoms with Crippen LogP contribution in [0.5, 0.6) is 5.75 Å². The SMILES string of the molecule is CCCCCCCOc1ccc(CCNCCC(=O)O)cc1.O=C(O)C(F)(F)F. The normalized spacial score (nSPS) is 10.8. The molecule has 0 saturated carbocycles. The van der Waals surface area contributed by atoms with Crippen molar-refractivity contribution in [1.29, 1.82) is 0 Å². The second-order valence-corrected chi connectivity index (χ2v) is 6.35. The third-order valence-electron chi connectivity index (χ3n) is 3.79. The number of carbonyl (C=O) groups is 2. The molecule has 0 spiro atoms. The van der Waals surface area contributed by atoms with Crippen molar-refractivity contribution in [2.45, 2.75) is 58.0 Å². The van der Waals surface area contributed by atoms with Crippen LogP contribution in [0.25, 0.3) is 0 Å². The molecule has 3 N–H and O–H groups in total. The highest BCUT2D eigenvalue weighted by atomic mass is 19.4. The minimum Gasteiger partial charge on any atom is -0.494 e. The number of carboxylic acids is 2. The Hall–Kier alpha value is -2.29. The molecule has 1 aromatic rings. The number of hydrogen-bond donors (Lipinski definition) is 3. The highest BCUT2D eigenvalue weighted by molar-refractivity contribution is 5.73. The molecule has 0 atom stereocenters. The number of nitrogens with one attached hydrogen (secondary N) is 1. The molecule has 0 fully saturated rings. The zero-order chi connectivity index (χ0) is 22.1. The summed E-state index contributed by atoms with van der Waals surface area (Å²) in [4.78, 5) is 19.3. The number of carboxylic acid groups (broad SMARTS) is 2. The van der Waals surface area contributed by atoms with Gasteiger partial charge in [0.1, 0.15) is 5.75 Å². The van der Waals surface area contributed by atoms with Gasteiger partial charge in [-0.05, 0) is 37.1 Å². The number of aliphatic carboxylic acids is 2. The lowest BCUT2D eigenvalue weighted by molar-refractivity contribution is -0.192. The van der Waals surface area contributed by atoms with Crippen molar-refractivity contribution in [3.63, 3.8) is 0 Å². The molecule has 0 amide bonds. The zero-order valence-electron chi connectivity index (χ0n) is 16.6. The van der Waals surface area contributed by atoms with Crippen LogP contribution in [0.2, 0.25) is 0 Å². The number of hydrogen-bond acceptors (Lipinski definition) is 4. The predicted octanol–water partition coefficient (Wildman–Crippen LogP) is 4.28. The molecular weight excluding hydrogens is 391 g/mol. The van der Waals surface area contributed by atoms with E-state index in [-0.39, 0.29) is 6.42 Å². The molecule has 0 aliphatic heterocycles. The first-order valence-electron chi connectivity index (χ1n) is 9.61. The van der Waals surface area contributed by atoms with E-state index in [0.29, 0.717) is 6.54 Å². The molecule has 29 heavy (non-hydrogen) atoms. The van der Waals surface area contributed by atoms with Crippen molar-refractivity contribution < 1.29 is 37.7 Å². The standard InChI is InChI=1S/C18H29NO3.C2HF3O2/c1-2-3-4-5-6-15-22-17-9-7-16(8-10-17)11-13-19-14-12-18(20)21;3-2(4,5)1(6)7/h7-10,19H,2-6,11-15H2,1H3,(H,20,21);(H,6,7). The molecule has 0 radical (unpaired) electrons. The third-order valence-corrected chi connectivity index (χ3v) is 3.79. The van der Waals surface area contributed by atoms with Crippen LogP contribution < -0.4 is 10.1 Å². The van der Waals surface area contributed by atoms with E-state index in [1.807, 2.05) is 12.1 Å². The van der Waals surface area contributed by atoms with Gasteiger partial charge < -0.3 is 20.3 Å². The Morgan fingerprint density at radius 1 is 1.00 bits per heavy atom. The van der Waals surface area contributed by atoms with Gasteiger partial charge in [0.05, 0.1) is 13.0 Å². The average Bonchev–Trinajstić information content (AvgIpc) is 2.65. The summed E-state index contributed by atoms with van der Waals surface area (Å²) in [5.41, 5.74) is 1.23. The van der Waals surface area contributed by atoms with Crippen LogP contribution >= 0.6 is 0 Å². The van der Waals surface area contributed by atoms with Crippen LogP contribution in [0.4, 0.5) is 13.2 Å². The first kappa shape index (κ1) is 26.7. The van der Waals surface area contributed by atoms with Gasteiger partial charge in [-0.2, -0.15) is 13.2 Å². The van der Waals surface area contributed by atoms with Crippen LogP contribution in [0.15, 0.2) is 24.3 Å². The lowest BCUT2D eigenvalue weighted by Gasteiger charge is -2.08. The van der Waals surface area contributed by atoms with Gasteiger partial charge in [-0.3, -0.25) is 4.79 Å². The van der Waals surface area contributed by atoms with Gasteiger partial charge in [0.25, 0.3) is 0 Å². The van der Waals surface area contributed by atoms with E-state index in [2.05, 4.69) is 24.4 Å². The summed E-state index contributed by atoms with van der Waals surface area (Å²) in [6.45, 7) is 4.33. The average molecular weight is 421 g/mol. The van der Waals surface area contributed by atoms with E-state index in [4.69, 9.17) is 19.7 Å². The summed E-state index contributed by atoms with van der Waals surface area (Å²) in [5.74, 6) is -2.59. The largest absolute Gasteiger partial charge is 0.494 e. The lowest BCUT2D eigenvalue weighted by atomic mass is 10.1. The van der Waals surface area contributed by atoms with Crippen LogP contribution in [-0.4, -0.2) is 48.0 Å². The Bertz CT molecular complexity index is 576. The Morgan fingerprint density at radius 2 is 1.59 bits per heavy atom. The van der Waals surface area contributed by atoms with Gasteiger partial charge in [0, 0.05) is 6.54 Å². The van der Waals surface area contributed by atoms with Crippen LogP contribution in [-0.2, 0) is 16.0 Å². The van der Waals surface area contributed by atoms with Crippen molar-refractivity contribution in [3.05, 3.63) is 29.8 Å². The molecule has 9 heteroatoms. The molecular formula is C20H30F3NO5. The number of ether oxygens (including phenoxy) is 1. The number of benzene rings is 1. The van der Waals surface area contributed by atoms with Gasteiger partial charge in [-0.1, -0.05) is 44.7 Å². The summed E-state index contributed by atoms with van der Waals surface area (Å²) in [6.07, 6.45) is 2.24. The Labute approximate surface area is 169 Å². The van der Waals surface area contributed by atoms with E-state index in [1.165, 1.54) is 31.2 Å². The number of halogens is 3. The van der Waals surface area contributed by atoms with E-state index in [1.54, 1.807) is 0 Å². The summed E-state index contributed by atoms with van der Waals surface area (Å²) < 4.78 is 37.5. The molecule has 0 aromatic heterocycles. The molecule has 0 bridgehead atoms. The molecule has 0 heterocycles. The van der Waals surface area contributed by atoms with Gasteiger partial charge in [-0.15, -0.1) is 0 Å². The Balaban J connectivity index is 0.000000956. The molecule has 6 nitrogen and oxygen atoms in total. The molecule has 0 saturated heterocycles. The van der Waals surface area contributed by atoms with Gasteiger partial charge in [0.2, 0.25) is 0 Å². The van der Waals surface area contributed by atoms with Crippen LogP contribution in [0.3, 0.4) is 0 Å². The number of unbranched alkanes of at least 4 members (excludes halogenated alkanes) is 4. The first-order valence-corrected chi connectivity index (χ1v) is 9.61. The maximum absolute atomic E-state index is 10.6. The summed E-state index contributed by atoms with van der Waals surface area (Å²) in [5, 5.41) is 18.8. The zero-order valence-corrected chi connectivity index (χ0v) is 16.6. The van der Waals surface area contributed by atoms with Crippen molar-refractivity contribution >= 4 is 11.9 Å². The number of rotatable bonds is 13. The monoisotopic (exact) mass is 421 g/mol. The maximum atomic E-state index is 10.6. The molecule has 166 valence electrons. The summed E-state index contributed by atoms with van der Waals surface area (Å²) >= 11 is 0. The van der Waals surface area contributed by atoms with E-state index >= 15 is 0 Å². The highest BCUT2D eigenvalue weighted by Crippen LogP contribution is 2.14. The third kappa shape index (κ3) is 16.4. The lowest BCUT2D eigenvalue weighted by Crippen LogP contribution is -2.21. The van der Waals surface area contributed by atoms with Gasteiger partial charge >= 0.3 is 18.1 Å². The Morgan fingerprint density at radius 3 is 2.10 bits per heavy atom. The van der Waals surface area contributed by atoms with Crippen molar-refractivity contribution in [2.24, 2.45) is 0 Å².